The molecule has 2 heteroatoms. The van der Waals surface area contributed by atoms with Crippen LogP contribution < -0.4 is 0 Å². The number of benzene rings is 1. The molecule has 0 heterocycles. The van der Waals surface area contributed by atoms with Crippen molar-refractivity contribution in [2.45, 2.75) is 27.2 Å². The SMILES string of the molecule is CC(C)(C)C1Cc2cccc(Cl)c2C1=O. The summed E-state index contributed by atoms with van der Waals surface area (Å²) in [5.74, 6) is 0.287. The van der Waals surface area contributed by atoms with Gasteiger partial charge in [-0.25, -0.2) is 0 Å². The van der Waals surface area contributed by atoms with Crippen molar-refractivity contribution in [3.05, 3.63) is 34.3 Å². The van der Waals surface area contributed by atoms with E-state index in [0.29, 0.717) is 5.02 Å². The van der Waals surface area contributed by atoms with Crippen LogP contribution in [0.15, 0.2) is 18.2 Å². The van der Waals surface area contributed by atoms with E-state index in [1.165, 1.54) is 0 Å². The number of ketones is 1. The first-order chi connectivity index (χ1) is 6.91. The normalized spacial score (nSPS) is 20.5. The van der Waals surface area contributed by atoms with Crippen molar-refractivity contribution in [3.8, 4) is 0 Å². The smallest absolute Gasteiger partial charge is 0.168 e. The lowest BCUT2D eigenvalue weighted by atomic mass is 9.78. The van der Waals surface area contributed by atoms with Gasteiger partial charge in [0.25, 0.3) is 0 Å². The van der Waals surface area contributed by atoms with Gasteiger partial charge in [0.15, 0.2) is 5.78 Å². The molecule has 2 rings (SSSR count). The summed E-state index contributed by atoms with van der Waals surface area (Å²) in [6, 6.07) is 5.72. The van der Waals surface area contributed by atoms with Crippen LogP contribution in [0.1, 0.15) is 36.7 Å². The molecule has 0 N–H and O–H groups in total. The molecule has 1 nitrogen and oxygen atoms in total. The zero-order chi connectivity index (χ0) is 11.2. The average Bonchev–Trinajstić information content (AvgIpc) is 2.44. The van der Waals surface area contributed by atoms with Gasteiger partial charge < -0.3 is 0 Å². The maximum Gasteiger partial charge on any atom is 0.168 e. The van der Waals surface area contributed by atoms with Gasteiger partial charge >= 0.3 is 0 Å². The lowest BCUT2D eigenvalue weighted by molar-refractivity contribution is 0.0844. The molecule has 0 aromatic heterocycles. The molecule has 1 aromatic carbocycles. The van der Waals surface area contributed by atoms with Crippen molar-refractivity contribution in [2.24, 2.45) is 11.3 Å². The summed E-state index contributed by atoms with van der Waals surface area (Å²) in [6.45, 7) is 6.32. The minimum absolute atomic E-state index is 0.0133. The van der Waals surface area contributed by atoms with Gasteiger partial charge in [0.2, 0.25) is 0 Å². The minimum Gasteiger partial charge on any atom is -0.294 e. The summed E-state index contributed by atoms with van der Waals surface area (Å²) in [4.78, 5) is 12.2. The third kappa shape index (κ3) is 1.69. The average molecular weight is 223 g/mol. The zero-order valence-electron chi connectivity index (χ0n) is 9.30. The van der Waals surface area contributed by atoms with Gasteiger partial charge in [-0.05, 0) is 23.5 Å². The van der Waals surface area contributed by atoms with Crippen molar-refractivity contribution in [2.75, 3.05) is 0 Å². The van der Waals surface area contributed by atoms with E-state index in [1.807, 2.05) is 12.1 Å². The molecule has 0 aliphatic heterocycles. The topological polar surface area (TPSA) is 17.1 Å². The molecule has 0 radical (unpaired) electrons. The van der Waals surface area contributed by atoms with E-state index in [2.05, 4.69) is 20.8 Å². The Bertz CT molecular complexity index is 415. The number of Topliss-reactive ketones (excluding diaryl/α,β-unsaturated/α-hetero) is 1. The first kappa shape index (κ1) is 10.7. The number of hydrogen-bond acceptors (Lipinski definition) is 1. The van der Waals surface area contributed by atoms with Gasteiger partial charge in [-0.1, -0.05) is 44.5 Å². The Balaban J connectivity index is 2.47. The van der Waals surface area contributed by atoms with Gasteiger partial charge in [0, 0.05) is 11.5 Å². The molecular formula is C13H15ClO. The van der Waals surface area contributed by atoms with Gasteiger partial charge in [-0.3, -0.25) is 4.79 Å². The fourth-order valence-electron chi connectivity index (χ4n) is 2.20. The molecule has 0 bridgehead atoms. The third-order valence-corrected chi connectivity index (χ3v) is 3.45. The van der Waals surface area contributed by atoms with Crippen LogP contribution in [0, 0.1) is 11.3 Å². The van der Waals surface area contributed by atoms with E-state index in [-0.39, 0.29) is 17.1 Å². The Morgan fingerprint density at radius 3 is 2.53 bits per heavy atom. The van der Waals surface area contributed by atoms with Crippen molar-refractivity contribution in [1.82, 2.24) is 0 Å². The molecule has 15 heavy (non-hydrogen) atoms. The van der Waals surface area contributed by atoms with Gasteiger partial charge in [0.05, 0.1) is 5.02 Å². The lowest BCUT2D eigenvalue weighted by Crippen LogP contribution is -2.25. The van der Waals surface area contributed by atoms with Crippen LogP contribution in [0.4, 0.5) is 0 Å². The van der Waals surface area contributed by atoms with Crippen molar-refractivity contribution in [1.29, 1.82) is 0 Å². The maximum atomic E-state index is 12.2. The monoisotopic (exact) mass is 222 g/mol. The molecule has 80 valence electrons. The molecule has 1 aromatic rings. The number of rotatable bonds is 0. The van der Waals surface area contributed by atoms with E-state index >= 15 is 0 Å². The fraction of sp³-hybridized carbons (Fsp3) is 0.462. The summed E-state index contributed by atoms with van der Waals surface area (Å²) in [5, 5.41) is 0.601. The second kappa shape index (κ2) is 3.34. The Hall–Kier alpha value is -0.820. The van der Waals surface area contributed by atoms with Gasteiger partial charge in [-0.15, -0.1) is 0 Å². The minimum atomic E-state index is 0.0133. The lowest BCUT2D eigenvalue weighted by Gasteiger charge is -2.25. The highest BCUT2D eigenvalue weighted by Gasteiger charge is 2.39. The zero-order valence-corrected chi connectivity index (χ0v) is 10.1. The highest BCUT2D eigenvalue weighted by atomic mass is 35.5. The predicted octanol–water partition coefficient (Wildman–Crippen LogP) is 3.74. The summed E-state index contributed by atoms with van der Waals surface area (Å²) in [7, 11) is 0. The van der Waals surface area contributed by atoms with Crippen LogP contribution >= 0.6 is 11.6 Å². The molecule has 1 unspecified atom stereocenters. The number of hydrogen-bond donors (Lipinski definition) is 0. The van der Waals surface area contributed by atoms with Crippen LogP contribution in [0.25, 0.3) is 0 Å². The summed E-state index contributed by atoms with van der Waals surface area (Å²) < 4.78 is 0. The molecule has 0 saturated carbocycles. The Morgan fingerprint density at radius 2 is 2.00 bits per heavy atom. The third-order valence-electron chi connectivity index (χ3n) is 3.13. The standard InChI is InChI=1S/C13H15ClO/c1-13(2,3)9-7-8-5-4-6-10(14)11(8)12(9)15/h4-6,9H,7H2,1-3H3. The second-order valence-corrected chi connectivity index (χ2v) is 5.67. The van der Waals surface area contributed by atoms with E-state index in [1.54, 1.807) is 6.07 Å². The molecule has 1 aliphatic rings. The van der Waals surface area contributed by atoms with Crippen molar-refractivity contribution in [3.63, 3.8) is 0 Å². The van der Waals surface area contributed by atoms with E-state index in [4.69, 9.17) is 11.6 Å². The van der Waals surface area contributed by atoms with Crippen LogP contribution in [0.3, 0.4) is 0 Å². The molecule has 1 aliphatic carbocycles. The van der Waals surface area contributed by atoms with Crippen LogP contribution in [-0.2, 0) is 6.42 Å². The Kier molecular flexibility index (Phi) is 2.38. The highest BCUT2D eigenvalue weighted by Crippen LogP contribution is 2.40. The summed E-state index contributed by atoms with van der Waals surface area (Å²) >= 11 is 6.06. The summed E-state index contributed by atoms with van der Waals surface area (Å²) in [6.07, 6.45) is 0.832. The van der Waals surface area contributed by atoms with E-state index < -0.39 is 0 Å². The summed E-state index contributed by atoms with van der Waals surface area (Å²) in [5.41, 5.74) is 1.87. The first-order valence-corrected chi connectivity index (χ1v) is 5.60. The number of carbonyl (C=O) groups excluding carboxylic acids is 1. The molecule has 0 amide bonds. The van der Waals surface area contributed by atoms with Gasteiger partial charge in [0.1, 0.15) is 0 Å². The van der Waals surface area contributed by atoms with Crippen LogP contribution in [-0.4, -0.2) is 5.78 Å². The molecule has 0 fully saturated rings. The molecule has 0 saturated heterocycles. The quantitative estimate of drug-likeness (QED) is 0.654. The van der Waals surface area contributed by atoms with E-state index in [9.17, 15) is 4.79 Å². The maximum absolute atomic E-state index is 12.2. The van der Waals surface area contributed by atoms with Crippen molar-refractivity contribution >= 4 is 17.4 Å². The van der Waals surface area contributed by atoms with Gasteiger partial charge in [-0.2, -0.15) is 0 Å². The number of fused-ring (bicyclic) bond motifs is 1. The Labute approximate surface area is 95.4 Å². The predicted molar refractivity (Wildman–Crippen MR) is 62.4 cm³/mol. The van der Waals surface area contributed by atoms with Crippen LogP contribution in [0.2, 0.25) is 5.02 Å². The van der Waals surface area contributed by atoms with Crippen LogP contribution in [0.5, 0.6) is 0 Å². The van der Waals surface area contributed by atoms with E-state index in [0.717, 1.165) is 17.5 Å². The number of halogens is 1. The highest BCUT2D eigenvalue weighted by molar-refractivity contribution is 6.34. The first-order valence-electron chi connectivity index (χ1n) is 5.23. The fourth-order valence-corrected chi connectivity index (χ4v) is 2.49. The largest absolute Gasteiger partial charge is 0.294 e. The molecular weight excluding hydrogens is 208 g/mol. The molecule has 0 spiro atoms. The Morgan fingerprint density at radius 1 is 1.33 bits per heavy atom. The second-order valence-electron chi connectivity index (χ2n) is 5.26. The van der Waals surface area contributed by atoms with Crippen molar-refractivity contribution < 1.29 is 4.79 Å². The number of carbonyl (C=O) groups is 1. The molecule has 1 atom stereocenters.